The van der Waals surface area contributed by atoms with Gasteiger partial charge < -0.3 is 24.7 Å². The first-order valence-electron chi connectivity index (χ1n) is 10.3. The maximum Gasteiger partial charge on any atom is 0.345 e. The molecule has 2 aromatic heterocycles. The summed E-state index contributed by atoms with van der Waals surface area (Å²) >= 11 is 0. The second-order valence-corrected chi connectivity index (χ2v) is 8.30. The zero-order valence-electron chi connectivity index (χ0n) is 17.9. The van der Waals surface area contributed by atoms with E-state index in [4.69, 9.17) is 0 Å². The van der Waals surface area contributed by atoms with Crippen molar-refractivity contribution in [2.75, 3.05) is 13.6 Å². The molecule has 0 saturated heterocycles. The van der Waals surface area contributed by atoms with Crippen molar-refractivity contribution in [3.05, 3.63) is 51.4 Å². The Kier molecular flexibility index (Phi) is 6.48. The normalized spacial score (nSPS) is 13.5. The lowest BCUT2D eigenvalue weighted by atomic mass is 9.99. The first kappa shape index (κ1) is 22.9. The molecular weight excluding hydrogens is 418 g/mol. The van der Waals surface area contributed by atoms with Crippen LogP contribution in [0.1, 0.15) is 41.4 Å². The Bertz CT molecular complexity index is 1190. The van der Waals surface area contributed by atoms with Gasteiger partial charge in [0.05, 0.1) is 5.69 Å². The van der Waals surface area contributed by atoms with Crippen LogP contribution in [0.15, 0.2) is 29.1 Å². The highest BCUT2D eigenvalue weighted by Gasteiger charge is 2.24. The minimum Gasteiger partial charge on any atom is -0.506 e. The summed E-state index contributed by atoms with van der Waals surface area (Å²) in [4.78, 5) is 28.6. The molecule has 8 heteroatoms. The molecule has 3 aromatic rings. The average molecular weight is 446 g/mol. The van der Waals surface area contributed by atoms with Gasteiger partial charge in [-0.3, -0.25) is 4.79 Å². The van der Waals surface area contributed by atoms with Crippen molar-refractivity contribution in [3.8, 4) is 17.0 Å². The molecule has 1 saturated carbocycles. The van der Waals surface area contributed by atoms with Crippen LogP contribution in [0.3, 0.4) is 0 Å². The third-order valence-corrected chi connectivity index (χ3v) is 5.99. The number of carbonyl (C=O) groups is 1. The maximum absolute atomic E-state index is 12.3. The second-order valence-electron chi connectivity index (χ2n) is 8.30. The van der Waals surface area contributed by atoms with Gasteiger partial charge in [-0.25, -0.2) is 4.79 Å². The number of aromatic hydroxyl groups is 1. The van der Waals surface area contributed by atoms with Gasteiger partial charge in [-0.05, 0) is 56.0 Å². The van der Waals surface area contributed by atoms with E-state index >= 15 is 0 Å². The lowest BCUT2D eigenvalue weighted by Gasteiger charge is -2.16. The predicted molar refractivity (Wildman–Crippen MR) is 123 cm³/mol. The van der Waals surface area contributed by atoms with E-state index in [0.29, 0.717) is 17.7 Å². The molecule has 3 N–H and O–H groups in total. The zero-order valence-corrected chi connectivity index (χ0v) is 18.8. The molecule has 166 valence electrons. The number of aromatic amines is 1. The van der Waals surface area contributed by atoms with E-state index in [1.807, 2.05) is 25.1 Å². The molecule has 0 amide bonds. The first-order valence-corrected chi connectivity index (χ1v) is 10.3. The number of fused-ring (bicyclic) bond motifs is 1. The topological polar surface area (TPSA) is 98.6 Å². The number of benzene rings is 1. The van der Waals surface area contributed by atoms with E-state index in [1.54, 1.807) is 0 Å². The number of nitrogens with zero attached hydrogens (tertiary/aromatic N) is 2. The lowest BCUT2D eigenvalue weighted by molar-refractivity contribution is 0.0691. The molecule has 1 aliphatic rings. The lowest BCUT2D eigenvalue weighted by Crippen LogP contribution is -2.21. The number of rotatable bonds is 7. The van der Waals surface area contributed by atoms with Crippen molar-refractivity contribution in [3.63, 3.8) is 0 Å². The fourth-order valence-electron chi connectivity index (χ4n) is 4.21. The Morgan fingerprint density at radius 3 is 2.61 bits per heavy atom. The number of hydrogen-bond acceptors (Lipinski definition) is 4. The molecule has 1 aromatic carbocycles. The van der Waals surface area contributed by atoms with Gasteiger partial charge in [-0.1, -0.05) is 13.0 Å². The third kappa shape index (κ3) is 4.34. The van der Waals surface area contributed by atoms with Crippen LogP contribution < -0.4 is 5.56 Å². The number of halogens is 1. The standard InChI is InChI=1S/C23H27N3O4.ClH/c1-4-17-20(24-22(28)19(21(17)27)23(29)30)14-7-8-18-15(9-14)10-16(26(18)3)12-25(2)11-13-5-6-13;/h7-10,13H,4-6,11-12H2,1-3H3,(H,29,30)(H2,24,27,28);1H. The summed E-state index contributed by atoms with van der Waals surface area (Å²) in [7, 11) is 4.20. The Morgan fingerprint density at radius 1 is 1.29 bits per heavy atom. The number of aryl methyl sites for hydroxylation is 1. The molecule has 4 rings (SSSR count). The number of carboxylic acid groups (broad SMARTS) is 1. The summed E-state index contributed by atoms with van der Waals surface area (Å²) in [5.41, 5.74) is 2.50. The fourth-order valence-corrected chi connectivity index (χ4v) is 4.21. The van der Waals surface area contributed by atoms with Gasteiger partial charge in [-0.2, -0.15) is 0 Å². The van der Waals surface area contributed by atoms with Gasteiger partial charge >= 0.3 is 5.97 Å². The van der Waals surface area contributed by atoms with Crippen molar-refractivity contribution < 1.29 is 15.0 Å². The van der Waals surface area contributed by atoms with Crippen LogP contribution in [0.5, 0.6) is 5.75 Å². The number of H-pyrrole nitrogens is 1. The van der Waals surface area contributed by atoms with Gasteiger partial charge in [0.1, 0.15) is 5.75 Å². The minimum atomic E-state index is -1.44. The molecule has 0 atom stereocenters. The van der Waals surface area contributed by atoms with Crippen LogP contribution in [0.2, 0.25) is 0 Å². The highest BCUT2D eigenvalue weighted by molar-refractivity contribution is 5.92. The van der Waals surface area contributed by atoms with Crippen LogP contribution in [-0.4, -0.2) is 44.2 Å². The van der Waals surface area contributed by atoms with Crippen molar-refractivity contribution in [1.29, 1.82) is 0 Å². The molecule has 0 aliphatic heterocycles. The monoisotopic (exact) mass is 445 g/mol. The number of pyridine rings is 1. The van der Waals surface area contributed by atoms with E-state index < -0.39 is 22.8 Å². The third-order valence-electron chi connectivity index (χ3n) is 5.99. The molecule has 0 spiro atoms. The van der Waals surface area contributed by atoms with Crippen molar-refractivity contribution >= 4 is 29.3 Å². The Balaban J connectivity index is 0.00000272. The summed E-state index contributed by atoms with van der Waals surface area (Å²) in [6, 6.07) is 8.01. The molecule has 2 heterocycles. The Morgan fingerprint density at radius 2 is 2.00 bits per heavy atom. The Labute approximate surface area is 186 Å². The van der Waals surface area contributed by atoms with Crippen molar-refractivity contribution in [1.82, 2.24) is 14.5 Å². The van der Waals surface area contributed by atoms with Gasteiger partial charge in [0.15, 0.2) is 5.56 Å². The molecule has 7 nitrogen and oxygen atoms in total. The van der Waals surface area contributed by atoms with E-state index in [2.05, 4.69) is 34.6 Å². The number of aromatic nitrogens is 2. The van der Waals surface area contributed by atoms with Crippen LogP contribution >= 0.6 is 12.4 Å². The molecule has 1 aliphatic carbocycles. The highest BCUT2D eigenvalue weighted by Crippen LogP contribution is 2.33. The van der Waals surface area contributed by atoms with Crippen LogP contribution in [0.25, 0.3) is 22.2 Å². The SMILES string of the molecule is CCc1c(-c2ccc3c(c2)cc(CN(C)CC2CC2)n3C)[nH]c(=O)c(C(=O)O)c1O.Cl. The molecule has 31 heavy (non-hydrogen) atoms. The van der Waals surface area contributed by atoms with E-state index in [-0.39, 0.29) is 12.4 Å². The smallest absolute Gasteiger partial charge is 0.345 e. The molecule has 0 radical (unpaired) electrons. The van der Waals surface area contributed by atoms with Crippen LogP contribution in [-0.2, 0) is 20.0 Å². The minimum absolute atomic E-state index is 0. The van der Waals surface area contributed by atoms with E-state index in [0.717, 1.165) is 35.5 Å². The largest absolute Gasteiger partial charge is 0.506 e. The number of nitrogens with one attached hydrogen (secondary N) is 1. The highest BCUT2D eigenvalue weighted by atomic mass is 35.5. The van der Waals surface area contributed by atoms with Gasteiger partial charge in [0.25, 0.3) is 5.56 Å². The zero-order chi connectivity index (χ0) is 21.6. The van der Waals surface area contributed by atoms with Crippen LogP contribution in [0.4, 0.5) is 0 Å². The molecule has 1 fully saturated rings. The molecule has 0 bridgehead atoms. The summed E-state index contributed by atoms with van der Waals surface area (Å²) in [6.07, 6.45) is 3.05. The second kappa shape index (κ2) is 8.77. The van der Waals surface area contributed by atoms with E-state index in [1.165, 1.54) is 18.5 Å². The average Bonchev–Trinajstić information content (AvgIpc) is 3.44. The van der Waals surface area contributed by atoms with Gasteiger partial charge in [0.2, 0.25) is 0 Å². The first-order chi connectivity index (χ1) is 14.3. The van der Waals surface area contributed by atoms with Crippen molar-refractivity contribution in [2.24, 2.45) is 13.0 Å². The summed E-state index contributed by atoms with van der Waals surface area (Å²) in [6.45, 7) is 3.79. The maximum atomic E-state index is 12.3. The van der Waals surface area contributed by atoms with E-state index in [9.17, 15) is 19.8 Å². The predicted octanol–water partition coefficient (Wildman–Crippen LogP) is 3.76. The quantitative estimate of drug-likeness (QED) is 0.514. The molecular formula is C23H28ClN3O4. The molecule has 0 unspecified atom stereocenters. The number of hydrogen-bond donors (Lipinski definition) is 3. The summed E-state index contributed by atoms with van der Waals surface area (Å²) < 4.78 is 2.18. The van der Waals surface area contributed by atoms with Crippen LogP contribution in [0, 0.1) is 5.92 Å². The summed E-state index contributed by atoms with van der Waals surface area (Å²) in [5.74, 6) is -1.06. The van der Waals surface area contributed by atoms with Gasteiger partial charge in [-0.15, -0.1) is 12.4 Å². The number of carboxylic acids is 1. The fraction of sp³-hybridized carbons (Fsp3) is 0.391. The number of aromatic carboxylic acids is 1. The summed E-state index contributed by atoms with van der Waals surface area (Å²) in [5, 5.41) is 20.7. The van der Waals surface area contributed by atoms with Crippen molar-refractivity contribution in [2.45, 2.75) is 32.7 Å². The Hall–Kier alpha value is -2.77. The van der Waals surface area contributed by atoms with Gasteiger partial charge in [0, 0.05) is 42.3 Å².